The standard InChI is InChI=1S/C18H18N2O3/c19-12-7-13-20(16-8-3-1-4-9-16)14-15-22-18(21)23-17-10-5-2-6-11-17/h1-6,8-11H,7,13-15H2. The zero-order valence-corrected chi connectivity index (χ0v) is 12.7. The molecule has 0 aliphatic carbocycles. The number of nitrogens with zero attached hydrogens (tertiary/aromatic N) is 2. The molecule has 2 aromatic rings. The molecule has 2 aromatic carbocycles. The van der Waals surface area contributed by atoms with Crippen LogP contribution in [0, 0.1) is 11.3 Å². The van der Waals surface area contributed by atoms with Gasteiger partial charge in [0.1, 0.15) is 12.4 Å². The van der Waals surface area contributed by atoms with Crippen molar-refractivity contribution in [3.63, 3.8) is 0 Å². The highest BCUT2D eigenvalue weighted by Crippen LogP contribution is 2.13. The van der Waals surface area contributed by atoms with Crippen LogP contribution in [-0.4, -0.2) is 25.9 Å². The van der Waals surface area contributed by atoms with E-state index in [1.54, 1.807) is 24.3 Å². The Kier molecular flexibility index (Phi) is 6.48. The summed E-state index contributed by atoms with van der Waals surface area (Å²) in [6.45, 7) is 1.26. The van der Waals surface area contributed by atoms with E-state index in [-0.39, 0.29) is 6.61 Å². The van der Waals surface area contributed by atoms with Crippen molar-refractivity contribution in [3.05, 3.63) is 60.7 Å². The highest BCUT2D eigenvalue weighted by atomic mass is 16.7. The number of hydrogen-bond donors (Lipinski definition) is 0. The maximum Gasteiger partial charge on any atom is 0.513 e. The van der Waals surface area contributed by atoms with Crippen molar-refractivity contribution in [2.24, 2.45) is 0 Å². The Bertz CT molecular complexity index is 638. The number of carbonyl (C=O) groups is 1. The van der Waals surface area contributed by atoms with Gasteiger partial charge in [0.2, 0.25) is 0 Å². The summed E-state index contributed by atoms with van der Waals surface area (Å²) in [7, 11) is 0. The quantitative estimate of drug-likeness (QED) is 0.577. The van der Waals surface area contributed by atoms with Crippen LogP contribution in [0.3, 0.4) is 0 Å². The van der Waals surface area contributed by atoms with Crippen molar-refractivity contribution in [1.82, 2.24) is 0 Å². The second-order valence-corrected chi connectivity index (χ2v) is 4.74. The summed E-state index contributed by atoms with van der Waals surface area (Å²) in [6, 6.07) is 20.6. The van der Waals surface area contributed by atoms with Crippen LogP contribution in [0.15, 0.2) is 60.7 Å². The van der Waals surface area contributed by atoms with Crippen LogP contribution in [0.2, 0.25) is 0 Å². The molecule has 118 valence electrons. The SMILES string of the molecule is N#CCCN(CCOC(=O)Oc1ccccc1)c1ccccc1. The van der Waals surface area contributed by atoms with Crippen LogP contribution in [0.25, 0.3) is 0 Å². The third-order valence-corrected chi connectivity index (χ3v) is 3.14. The number of nitriles is 1. The van der Waals surface area contributed by atoms with Crippen molar-refractivity contribution >= 4 is 11.8 Å². The van der Waals surface area contributed by atoms with Crippen LogP contribution >= 0.6 is 0 Å². The van der Waals surface area contributed by atoms with Gasteiger partial charge in [-0.1, -0.05) is 36.4 Å². The first-order valence-corrected chi connectivity index (χ1v) is 7.36. The lowest BCUT2D eigenvalue weighted by Gasteiger charge is -2.23. The predicted octanol–water partition coefficient (Wildman–Crippen LogP) is 3.62. The topological polar surface area (TPSA) is 62.6 Å². The van der Waals surface area contributed by atoms with E-state index in [0.717, 1.165) is 5.69 Å². The van der Waals surface area contributed by atoms with Gasteiger partial charge >= 0.3 is 6.16 Å². The Morgan fingerprint density at radius 3 is 2.30 bits per heavy atom. The van der Waals surface area contributed by atoms with Gasteiger partial charge in [0.05, 0.1) is 19.0 Å². The molecule has 0 aromatic heterocycles. The fourth-order valence-corrected chi connectivity index (χ4v) is 2.05. The van der Waals surface area contributed by atoms with E-state index in [4.69, 9.17) is 14.7 Å². The molecule has 0 fully saturated rings. The number of hydrogen-bond acceptors (Lipinski definition) is 5. The fraction of sp³-hybridized carbons (Fsp3) is 0.222. The molecular formula is C18H18N2O3. The Labute approximate surface area is 135 Å². The second kappa shape index (κ2) is 9.11. The maximum absolute atomic E-state index is 11.6. The summed E-state index contributed by atoms with van der Waals surface area (Å²) in [5, 5.41) is 8.76. The van der Waals surface area contributed by atoms with Gasteiger partial charge in [-0.2, -0.15) is 5.26 Å². The van der Waals surface area contributed by atoms with Gasteiger partial charge in [0.25, 0.3) is 0 Å². The molecule has 5 heteroatoms. The minimum absolute atomic E-state index is 0.186. The fourth-order valence-electron chi connectivity index (χ4n) is 2.05. The number of carbonyl (C=O) groups excluding carboxylic acids is 1. The van der Waals surface area contributed by atoms with Gasteiger partial charge in [0.15, 0.2) is 0 Å². The molecule has 2 rings (SSSR count). The third kappa shape index (κ3) is 5.71. The summed E-state index contributed by atoms with van der Waals surface area (Å²) >= 11 is 0. The van der Waals surface area contributed by atoms with Gasteiger partial charge in [-0.15, -0.1) is 0 Å². The van der Waals surface area contributed by atoms with Crippen molar-refractivity contribution in [3.8, 4) is 11.8 Å². The van der Waals surface area contributed by atoms with Crippen LogP contribution in [0.5, 0.6) is 5.75 Å². The molecule has 0 unspecified atom stereocenters. The summed E-state index contributed by atoms with van der Waals surface area (Å²) in [4.78, 5) is 13.6. The molecule has 0 saturated heterocycles. The molecular weight excluding hydrogens is 292 g/mol. The molecule has 23 heavy (non-hydrogen) atoms. The van der Waals surface area contributed by atoms with Gasteiger partial charge < -0.3 is 14.4 Å². The maximum atomic E-state index is 11.6. The van der Waals surface area contributed by atoms with E-state index in [0.29, 0.717) is 25.3 Å². The van der Waals surface area contributed by atoms with Gasteiger partial charge in [-0.3, -0.25) is 0 Å². The van der Waals surface area contributed by atoms with Gasteiger partial charge in [-0.25, -0.2) is 4.79 Å². The van der Waals surface area contributed by atoms with Crippen molar-refractivity contribution in [2.75, 3.05) is 24.6 Å². The van der Waals surface area contributed by atoms with E-state index < -0.39 is 6.16 Å². The zero-order chi connectivity index (χ0) is 16.3. The minimum atomic E-state index is -0.732. The van der Waals surface area contributed by atoms with Crippen LogP contribution < -0.4 is 9.64 Å². The predicted molar refractivity (Wildman–Crippen MR) is 87.3 cm³/mol. The van der Waals surface area contributed by atoms with Crippen molar-refractivity contribution in [2.45, 2.75) is 6.42 Å². The Balaban J connectivity index is 1.82. The van der Waals surface area contributed by atoms with E-state index in [1.165, 1.54) is 0 Å². The largest absolute Gasteiger partial charge is 0.513 e. The van der Waals surface area contributed by atoms with Crippen molar-refractivity contribution in [1.29, 1.82) is 5.26 Å². The molecule has 0 heterocycles. The number of rotatable bonds is 7. The molecule has 0 radical (unpaired) electrons. The third-order valence-electron chi connectivity index (χ3n) is 3.14. The average Bonchev–Trinajstić information content (AvgIpc) is 2.59. The highest BCUT2D eigenvalue weighted by molar-refractivity contribution is 5.63. The lowest BCUT2D eigenvalue weighted by atomic mass is 10.2. The summed E-state index contributed by atoms with van der Waals surface area (Å²) in [6.07, 6.45) is -0.326. The molecule has 0 N–H and O–H groups in total. The molecule has 0 amide bonds. The smallest absolute Gasteiger partial charge is 0.432 e. The van der Waals surface area contributed by atoms with Crippen molar-refractivity contribution < 1.29 is 14.3 Å². The second-order valence-electron chi connectivity index (χ2n) is 4.74. The first kappa shape index (κ1) is 16.4. The first-order valence-electron chi connectivity index (χ1n) is 7.36. The van der Waals surface area contributed by atoms with E-state index in [2.05, 4.69) is 6.07 Å². The monoisotopic (exact) mass is 310 g/mol. The number of benzene rings is 2. The number of ether oxygens (including phenoxy) is 2. The average molecular weight is 310 g/mol. The van der Waals surface area contributed by atoms with Gasteiger partial charge in [-0.05, 0) is 24.3 Å². The summed E-state index contributed by atoms with van der Waals surface area (Å²) in [5.74, 6) is 0.446. The van der Waals surface area contributed by atoms with E-state index in [1.807, 2.05) is 41.3 Å². The van der Waals surface area contributed by atoms with Crippen LogP contribution in [0.1, 0.15) is 6.42 Å². The van der Waals surface area contributed by atoms with Crippen LogP contribution in [-0.2, 0) is 4.74 Å². The Morgan fingerprint density at radius 1 is 1.00 bits per heavy atom. The molecule has 0 spiro atoms. The summed E-state index contributed by atoms with van der Waals surface area (Å²) < 4.78 is 10.1. The van der Waals surface area contributed by atoms with Crippen LogP contribution in [0.4, 0.5) is 10.5 Å². The molecule has 0 aliphatic rings. The lowest BCUT2D eigenvalue weighted by Crippen LogP contribution is -2.29. The van der Waals surface area contributed by atoms with E-state index in [9.17, 15) is 4.79 Å². The molecule has 5 nitrogen and oxygen atoms in total. The summed E-state index contributed by atoms with van der Waals surface area (Å²) in [5.41, 5.74) is 0.989. The normalized spacial score (nSPS) is 9.70. The number of para-hydroxylation sites is 2. The Hall–Kier alpha value is -3.00. The molecule has 0 aliphatic heterocycles. The molecule has 0 atom stereocenters. The Morgan fingerprint density at radius 2 is 1.65 bits per heavy atom. The van der Waals surface area contributed by atoms with Gasteiger partial charge in [0, 0.05) is 12.2 Å². The van der Waals surface area contributed by atoms with E-state index >= 15 is 0 Å². The molecule has 0 bridgehead atoms. The highest BCUT2D eigenvalue weighted by Gasteiger charge is 2.09. The first-order chi connectivity index (χ1) is 11.3. The molecule has 0 saturated carbocycles. The lowest BCUT2D eigenvalue weighted by molar-refractivity contribution is 0.101. The zero-order valence-electron chi connectivity index (χ0n) is 12.7. The minimum Gasteiger partial charge on any atom is -0.432 e. The number of anilines is 1.